The van der Waals surface area contributed by atoms with Gasteiger partial charge >= 0.3 is 0 Å². The van der Waals surface area contributed by atoms with Gasteiger partial charge in [-0.25, -0.2) is 18.1 Å². The standard InChI is InChI=1S/C24H28N6O4S/c1-5-35(31,32)27-8-9-30(19-10-20(33-3)13-21(11-19)34-4)18-6-7-22-23(12-18)28-24(15-25-22)17-14-26-29(2)16-17/h6-7,10-16,27H,5,8-9H2,1-4H3. The van der Waals surface area contributed by atoms with E-state index in [9.17, 15) is 8.42 Å². The Kier molecular flexibility index (Phi) is 7.17. The zero-order chi connectivity index (χ0) is 25.0. The van der Waals surface area contributed by atoms with Crippen molar-refractivity contribution in [2.45, 2.75) is 6.92 Å². The molecular formula is C24H28N6O4S. The monoisotopic (exact) mass is 496 g/mol. The second-order valence-corrected chi connectivity index (χ2v) is 9.95. The lowest BCUT2D eigenvalue weighted by molar-refractivity contribution is 0.394. The Labute approximate surface area is 204 Å². The van der Waals surface area contributed by atoms with Gasteiger partial charge in [0.25, 0.3) is 0 Å². The average molecular weight is 497 g/mol. The van der Waals surface area contributed by atoms with E-state index in [0.29, 0.717) is 29.3 Å². The number of aryl methyl sites for hydroxylation is 1. The van der Waals surface area contributed by atoms with E-state index in [2.05, 4.69) is 14.8 Å². The number of sulfonamides is 1. The number of hydrogen-bond donors (Lipinski definition) is 1. The van der Waals surface area contributed by atoms with Gasteiger partial charge in [0.05, 0.1) is 49.1 Å². The number of ether oxygens (including phenoxy) is 2. The fraction of sp³-hybridized carbons (Fsp3) is 0.292. The van der Waals surface area contributed by atoms with Gasteiger partial charge in [0.15, 0.2) is 0 Å². The molecule has 0 radical (unpaired) electrons. The highest BCUT2D eigenvalue weighted by Gasteiger charge is 2.16. The van der Waals surface area contributed by atoms with Gasteiger partial charge in [-0.2, -0.15) is 5.10 Å². The van der Waals surface area contributed by atoms with Crippen molar-refractivity contribution in [2.24, 2.45) is 7.05 Å². The predicted octanol–water partition coefficient (Wildman–Crippen LogP) is 3.12. The van der Waals surface area contributed by atoms with Crippen LogP contribution in [0.15, 0.2) is 55.0 Å². The average Bonchev–Trinajstić information content (AvgIpc) is 3.31. The summed E-state index contributed by atoms with van der Waals surface area (Å²) >= 11 is 0. The van der Waals surface area contributed by atoms with Crippen molar-refractivity contribution in [1.29, 1.82) is 0 Å². The molecule has 0 aliphatic carbocycles. The molecule has 0 unspecified atom stereocenters. The van der Waals surface area contributed by atoms with Crippen LogP contribution >= 0.6 is 0 Å². The molecular weight excluding hydrogens is 468 g/mol. The molecule has 0 aliphatic heterocycles. The summed E-state index contributed by atoms with van der Waals surface area (Å²) in [7, 11) is 1.69. The molecule has 4 rings (SSSR count). The summed E-state index contributed by atoms with van der Waals surface area (Å²) in [4.78, 5) is 11.3. The second-order valence-electron chi connectivity index (χ2n) is 7.85. The molecule has 0 spiro atoms. The summed E-state index contributed by atoms with van der Waals surface area (Å²) in [6.07, 6.45) is 5.35. The van der Waals surface area contributed by atoms with Crippen LogP contribution in [-0.4, -0.2) is 61.2 Å². The van der Waals surface area contributed by atoms with Crippen molar-refractivity contribution in [3.63, 3.8) is 0 Å². The maximum absolute atomic E-state index is 12.0. The number of nitrogens with one attached hydrogen (secondary N) is 1. The molecule has 0 fully saturated rings. The largest absolute Gasteiger partial charge is 0.497 e. The topological polar surface area (TPSA) is 111 Å². The van der Waals surface area contributed by atoms with Gasteiger partial charge in [-0.1, -0.05) is 0 Å². The van der Waals surface area contributed by atoms with Crippen molar-refractivity contribution in [1.82, 2.24) is 24.5 Å². The van der Waals surface area contributed by atoms with Gasteiger partial charge < -0.3 is 14.4 Å². The van der Waals surface area contributed by atoms with Crippen molar-refractivity contribution >= 4 is 32.4 Å². The van der Waals surface area contributed by atoms with Crippen LogP contribution in [-0.2, 0) is 17.1 Å². The molecule has 0 saturated heterocycles. The predicted molar refractivity (Wildman–Crippen MR) is 136 cm³/mol. The second kappa shape index (κ2) is 10.3. The minimum absolute atomic E-state index is 0.0165. The highest BCUT2D eigenvalue weighted by molar-refractivity contribution is 7.89. The Bertz CT molecular complexity index is 1410. The number of hydrogen-bond acceptors (Lipinski definition) is 8. The summed E-state index contributed by atoms with van der Waals surface area (Å²) < 4.78 is 39.3. The van der Waals surface area contributed by atoms with Gasteiger partial charge in [-0.05, 0) is 25.1 Å². The van der Waals surface area contributed by atoms with E-state index in [-0.39, 0.29) is 12.3 Å². The van der Waals surface area contributed by atoms with Crippen LogP contribution in [0.2, 0.25) is 0 Å². The van der Waals surface area contributed by atoms with Crippen LogP contribution in [0, 0.1) is 0 Å². The van der Waals surface area contributed by atoms with Crippen LogP contribution in [0.25, 0.3) is 22.3 Å². The number of aromatic nitrogens is 4. The molecule has 0 bridgehead atoms. The van der Waals surface area contributed by atoms with Crippen LogP contribution in [0.1, 0.15) is 6.92 Å². The first-order valence-corrected chi connectivity index (χ1v) is 12.7. The maximum Gasteiger partial charge on any atom is 0.211 e. The SMILES string of the molecule is CCS(=O)(=O)NCCN(c1cc(OC)cc(OC)c1)c1ccc2ncc(-c3cnn(C)c3)nc2c1. The molecule has 2 heterocycles. The molecule has 0 aliphatic rings. The summed E-state index contributed by atoms with van der Waals surface area (Å²) in [5, 5.41) is 4.21. The summed E-state index contributed by atoms with van der Waals surface area (Å²) in [6.45, 7) is 2.20. The molecule has 184 valence electrons. The van der Waals surface area contributed by atoms with E-state index in [1.165, 1.54) is 0 Å². The molecule has 35 heavy (non-hydrogen) atoms. The molecule has 11 heteroatoms. The fourth-order valence-corrected chi connectivity index (χ4v) is 4.24. The van der Waals surface area contributed by atoms with Crippen LogP contribution in [0.5, 0.6) is 11.5 Å². The third-order valence-corrected chi connectivity index (χ3v) is 6.93. The number of benzene rings is 2. The van der Waals surface area contributed by atoms with Crippen molar-refractivity contribution < 1.29 is 17.9 Å². The lowest BCUT2D eigenvalue weighted by atomic mass is 10.2. The number of anilines is 2. The van der Waals surface area contributed by atoms with Gasteiger partial charge in [0, 0.05) is 61.5 Å². The molecule has 2 aromatic carbocycles. The Morgan fingerprint density at radius 1 is 1.00 bits per heavy atom. The highest BCUT2D eigenvalue weighted by Crippen LogP contribution is 2.34. The lowest BCUT2D eigenvalue weighted by Gasteiger charge is -2.26. The molecule has 0 amide bonds. The number of methoxy groups -OCH3 is 2. The highest BCUT2D eigenvalue weighted by atomic mass is 32.2. The quantitative estimate of drug-likeness (QED) is 0.356. The maximum atomic E-state index is 12.0. The van der Waals surface area contributed by atoms with E-state index in [0.717, 1.165) is 22.5 Å². The summed E-state index contributed by atoms with van der Waals surface area (Å²) in [5.41, 5.74) is 4.64. The third-order valence-electron chi connectivity index (χ3n) is 5.52. The van der Waals surface area contributed by atoms with Crippen LogP contribution < -0.4 is 19.1 Å². The third kappa shape index (κ3) is 5.69. The molecule has 2 aromatic heterocycles. The Balaban J connectivity index is 1.76. The zero-order valence-corrected chi connectivity index (χ0v) is 20.9. The molecule has 1 N–H and O–H groups in total. The Hall–Kier alpha value is -3.70. The zero-order valence-electron chi connectivity index (χ0n) is 20.1. The van der Waals surface area contributed by atoms with Gasteiger partial charge in [0.1, 0.15) is 11.5 Å². The Morgan fingerprint density at radius 3 is 2.37 bits per heavy atom. The number of fused-ring (bicyclic) bond motifs is 1. The minimum atomic E-state index is -3.33. The smallest absolute Gasteiger partial charge is 0.211 e. The van der Waals surface area contributed by atoms with Crippen LogP contribution in [0.3, 0.4) is 0 Å². The first kappa shape index (κ1) is 24.4. The van der Waals surface area contributed by atoms with Gasteiger partial charge in [-0.15, -0.1) is 0 Å². The van der Waals surface area contributed by atoms with E-state index < -0.39 is 10.0 Å². The molecule has 4 aromatic rings. The normalized spacial score (nSPS) is 11.5. The summed E-state index contributed by atoms with van der Waals surface area (Å²) in [5.74, 6) is 1.26. The molecule has 0 atom stereocenters. The molecule has 0 saturated carbocycles. The van der Waals surface area contributed by atoms with E-state index >= 15 is 0 Å². The van der Waals surface area contributed by atoms with E-state index in [1.54, 1.807) is 44.3 Å². The van der Waals surface area contributed by atoms with Crippen molar-refractivity contribution in [3.8, 4) is 22.8 Å². The minimum Gasteiger partial charge on any atom is -0.497 e. The van der Waals surface area contributed by atoms with E-state index in [1.807, 2.05) is 48.5 Å². The molecule has 10 nitrogen and oxygen atoms in total. The van der Waals surface area contributed by atoms with Gasteiger partial charge in [-0.3, -0.25) is 9.67 Å². The fourth-order valence-electron chi connectivity index (χ4n) is 3.63. The summed E-state index contributed by atoms with van der Waals surface area (Å²) in [6, 6.07) is 11.3. The van der Waals surface area contributed by atoms with Crippen LogP contribution in [0.4, 0.5) is 11.4 Å². The van der Waals surface area contributed by atoms with E-state index in [4.69, 9.17) is 14.5 Å². The lowest BCUT2D eigenvalue weighted by Crippen LogP contribution is -2.33. The first-order valence-electron chi connectivity index (χ1n) is 11.1. The van der Waals surface area contributed by atoms with Crippen molar-refractivity contribution in [2.75, 3.05) is 38.0 Å². The number of rotatable bonds is 10. The first-order chi connectivity index (χ1) is 16.8. The van der Waals surface area contributed by atoms with Gasteiger partial charge in [0.2, 0.25) is 10.0 Å². The van der Waals surface area contributed by atoms with Crippen molar-refractivity contribution in [3.05, 3.63) is 55.0 Å². The number of nitrogens with zero attached hydrogens (tertiary/aromatic N) is 5. The Morgan fingerprint density at radius 2 is 1.74 bits per heavy atom.